The molecule has 11 nitrogen and oxygen atoms in total. The third-order valence-electron chi connectivity index (χ3n) is 4.56. The number of nitro benzene ring substituents is 1. The Labute approximate surface area is 185 Å². The van der Waals surface area contributed by atoms with Gasteiger partial charge in [-0.15, -0.1) is 10.2 Å². The van der Waals surface area contributed by atoms with Gasteiger partial charge in [-0.05, 0) is 44.2 Å². The number of carbonyl (C=O) groups is 1. The first kappa shape index (κ1) is 21.2. The van der Waals surface area contributed by atoms with Crippen LogP contribution in [-0.2, 0) is 0 Å². The summed E-state index contributed by atoms with van der Waals surface area (Å²) in [6, 6.07) is 9.31. The van der Waals surface area contributed by atoms with Crippen LogP contribution >= 0.6 is 11.3 Å². The lowest BCUT2D eigenvalue weighted by molar-refractivity contribution is -0.385. The molecule has 2 aromatic carbocycles. The molecule has 0 aliphatic heterocycles. The maximum atomic E-state index is 12.9. The topological polar surface area (TPSA) is 134 Å². The molecule has 0 fully saturated rings. The number of carbonyl (C=O) groups excluding carboxylic acids is 1. The van der Waals surface area contributed by atoms with E-state index in [1.165, 1.54) is 36.6 Å². The number of anilines is 1. The summed E-state index contributed by atoms with van der Waals surface area (Å²) in [6.07, 6.45) is 0. The summed E-state index contributed by atoms with van der Waals surface area (Å²) >= 11 is 1.36. The van der Waals surface area contributed by atoms with Gasteiger partial charge in [0.2, 0.25) is 4.96 Å². The number of hydrogen-bond donors (Lipinski definition) is 1. The smallest absolute Gasteiger partial charge is 0.311 e. The van der Waals surface area contributed by atoms with Gasteiger partial charge in [0.1, 0.15) is 10.8 Å². The van der Waals surface area contributed by atoms with Crippen LogP contribution in [0.25, 0.3) is 15.5 Å². The predicted octanol–water partition coefficient (Wildman–Crippen LogP) is 3.73. The number of hydrogen-bond acceptors (Lipinski definition) is 9. The Bertz CT molecular complexity index is 1330. The number of methoxy groups -OCH3 is 1. The van der Waals surface area contributed by atoms with Crippen molar-refractivity contribution in [2.75, 3.05) is 19.0 Å². The zero-order valence-electron chi connectivity index (χ0n) is 17.4. The van der Waals surface area contributed by atoms with Crippen molar-refractivity contribution in [3.63, 3.8) is 0 Å². The van der Waals surface area contributed by atoms with Crippen molar-refractivity contribution in [2.45, 2.75) is 13.8 Å². The third kappa shape index (κ3) is 3.95. The van der Waals surface area contributed by atoms with Gasteiger partial charge in [-0.2, -0.15) is 9.61 Å². The second kappa shape index (κ2) is 8.59. The highest BCUT2D eigenvalue weighted by Crippen LogP contribution is 2.34. The van der Waals surface area contributed by atoms with E-state index in [1.807, 2.05) is 6.07 Å². The molecule has 2 heterocycles. The standard InChI is InChI=1S/C20H18N6O5S/c1-4-31-17-8-5-12(10-15(17)26(28)29)18(27)21-14-9-13(6-7-16(14)30-3)19-24-25-11(2)22-23-20(25)32-19/h5-10H,4H2,1-3H3,(H,21,27). The Morgan fingerprint density at radius 1 is 1.22 bits per heavy atom. The number of nitrogens with one attached hydrogen (secondary N) is 1. The second-order valence-corrected chi connectivity index (χ2v) is 7.55. The van der Waals surface area contributed by atoms with Crippen LogP contribution in [0.5, 0.6) is 11.5 Å². The van der Waals surface area contributed by atoms with E-state index >= 15 is 0 Å². The number of amides is 1. The lowest BCUT2D eigenvalue weighted by Gasteiger charge is -2.12. The van der Waals surface area contributed by atoms with Gasteiger partial charge in [-0.25, -0.2) is 0 Å². The maximum Gasteiger partial charge on any atom is 0.311 e. The molecular formula is C20H18N6O5S. The van der Waals surface area contributed by atoms with E-state index in [1.54, 1.807) is 30.5 Å². The zero-order chi connectivity index (χ0) is 22.8. The number of benzene rings is 2. The normalized spacial score (nSPS) is 10.8. The summed E-state index contributed by atoms with van der Waals surface area (Å²) in [5, 5.41) is 27.3. The number of ether oxygens (including phenoxy) is 2. The Morgan fingerprint density at radius 2 is 2.00 bits per heavy atom. The number of rotatable bonds is 7. The van der Waals surface area contributed by atoms with E-state index in [9.17, 15) is 14.9 Å². The van der Waals surface area contributed by atoms with Gasteiger partial charge in [0.05, 0.1) is 24.3 Å². The monoisotopic (exact) mass is 454 g/mol. The molecule has 0 aliphatic rings. The summed E-state index contributed by atoms with van der Waals surface area (Å²) in [7, 11) is 1.48. The van der Waals surface area contributed by atoms with Crippen LogP contribution in [0.15, 0.2) is 36.4 Å². The minimum Gasteiger partial charge on any atom is -0.495 e. The second-order valence-electron chi connectivity index (χ2n) is 6.59. The molecule has 0 spiro atoms. The molecule has 164 valence electrons. The zero-order valence-corrected chi connectivity index (χ0v) is 18.2. The van der Waals surface area contributed by atoms with Crippen molar-refractivity contribution in [2.24, 2.45) is 0 Å². The molecule has 0 aliphatic carbocycles. The number of nitro groups is 1. The third-order valence-corrected chi connectivity index (χ3v) is 5.51. The van der Waals surface area contributed by atoms with Crippen molar-refractivity contribution < 1.29 is 19.2 Å². The van der Waals surface area contributed by atoms with Gasteiger partial charge in [0, 0.05) is 17.2 Å². The number of fused-ring (bicyclic) bond motifs is 1. The minimum atomic E-state index is -0.585. The van der Waals surface area contributed by atoms with Crippen LogP contribution < -0.4 is 14.8 Å². The number of aromatic nitrogens is 4. The summed E-state index contributed by atoms with van der Waals surface area (Å²) in [5.41, 5.74) is 0.972. The molecule has 0 unspecified atom stereocenters. The molecule has 0 saturated carbocycles. The Balaban J connectivity index is 1.66. The average molecular weight is 454 g/mol. The lowest BCUT2D eigenvalue weighted by atomic mass is 10.1. The first-order chi connectivity index (χ1) is 15.4. The molecule has 12 heteroatoms. The van der Waals surface area contributed by atoms with Crippen LogP contribution in [0.4, 0.5) is 11.4 Å². The van der Waals surface area contributed by atoms with Crippen molar-refractivity contribution in [1.82, 2.24) is 19.8 Å². The van der Waals surface area contributed by atoms with E-state index in [0.717, 1.165) is 5.56 Å². The molecule has 4 aromatic rings. The lowest BCUT2D eigenvalue weighted by Crippen LogP contribution is -2.13. The predicted molar refractivity (Wildman–Crippen MR) is 118 cm³/mol. The molecule has 0 radical (unpaired) electrons. The highest BCUT2D eigenvalue weighted by Gasteiger charge is 2.20. The fourth-order valence-electron chi connectivity index (χ4n) is 3.04. The summed E-state index contributed by atoms with van der Waals surface area (Å²) < 4.78 is 12.3. The average Bonchev–Trinajstić information content (AvgIpc) is 3.36. The van der Waals surface area contributed by atoms with Crippen LogP contribution in [0.1, 0.15) is 23.1 Å². The number of nitrogens with zero attached hydrogens (tertiary/aromatic N) is 5. The SMILES string of the molecule is CCOc1ccc(C(=O)Nc2cc(-c3nn4c(C)nnc4s3)ccc2OC)cc1[N+](=O)[O-]. The first-order valence-corrected chi connectivity index (χ1v) is 10.3. The molecule has 0 bridgehead atoms. The van der Waals surface area contributed by atoms with E-state index in [0.29, 0.717) is 27.2 Å². The fraction of sp³-hybridized carbons (Fsp3) is 0.200. The van der Waals surface area contributed by atoms with Crippen molar-refractivity contribution in [3.05, 3.63) is 57.9 Å². The maximum absolute atomic E-state index is 12.9. The first-order valence-electron chi connectivity index (χ1n) is 9.51. The van der Waals surface area contributed by atoms with Gasteiger partial charge in [-0.1, -0.05) is 11.3 Å². The molecule has 1 N–H and O–H groups in total. The Hall–Kier alpha value is -4.06. The van der Waals surface area contributed by atoms with Gasteiger partial charge >= 0.3 is 5.69 Å². The fourth-order valence-corrected chi connectivity index (χ4v) is 3.92. The molecule has 0 saturated heterocycles. The van der Waals surface area contributed by atoms with E-state index in [2.05, 4.69) is 20.6 Å². The van der Waals surface area contributed by atoms with Gasteiger partial charge in [0.25, 0.3) is 5.91 Å². The Kier molecular flexibility index (Phi) is 5.69. The largest absolute Gasteiger partial charge is 0.495 e. The van der Waals surface area contributed by atoms with Crippen LogP contribution in [0.3, 0.4) is 0 Å². The van der Waals surface area contributed by atoms with Crippen LogP contribution in [0, 0.1) is 17.0 Å². The molecule has 32 heavy (non-hydrogen) atoms. The van der Waals surface area contributed by atoms with Crippen LogP contribution in [-0.4, -0.2) is 44.4 Å². The van der Waals surface area contributed by atoms with Crippen molar-refractivity contribution in [3.8, 4) is 22.1 Å². The quantitative estimate of drug-likeness (QED) is 0.330. The van der Waals surface area contributed by atoms with Gasteiger partial charge in [0.15, 0.2) is 11.6 Å². The van der Waals surface area contributed by atoms with Gasteiger partial charge < -0.3 is 14.8 Å². The summed E-state index contributed by atoms with van der Waals surface area (Å²) in [5.74, 6) is 0.677. The van der Waals surface area contributed by atoms with Crippen LogP contribution in [0.2, 0.25) is 0 Å². The molecule has 2 aromatic heterocycles. The minimum absolute atomic E-state index is 0.104. The van der Waals surface area contributed by atoms with E-state index in [4.69, 9.17) is 9.47 Å². The van der Waals surface area contributed by atoms with Gasteiger partial charge in [-0.3, -0.25) is 14.9 Å². The highest BCUT2D eigenvalue weighted by molar-refractivity contribution is 7.19. The summed E-state index contributed by atoms with van der Waals surface area (Å²) in [4.78, 5) is 24.3. The Morgan fingerprint density at radius 3 is 2.69 bits per heavy atom. The van der Waals surface area contributed by atoms with Crippen molar-refractivity contribution in [1.29, 1.82) is 0 Å². The van der Waals surface area contributed by atoms with E-state index in [-0.39, 0.29) is 23.6 Å². The van der Waals surface area contributed by atoms with Crippen molar-refractivity contribution >= 4 is 33.6 Å². The van der Waals surface area contributed by atoms with E-state index < -0.39 is 10.8 Å². The highest BCUT2D eigenvalue weighted by atomic mass is 32.1. The summed E-state index contributed by atoms with van der Waals surface area (Å²) in [6.45, 7) is 3.80. The molecule has 4 rings (SSSR count). The molecular weight excluding hydrogens is 436 g/mol. The number of aryl methyl sites for hydroxylation is 1. The molecule has 0 atom stereocenters. The molecule has 1 amide bonds.